The number of rotatable bonds is 5. The van der Waals surface area contributed by atoms with Crippen molar-refractivity contribution in [3.05, 3.63) is 48.5 Å². The zero-order valence-corrected chi connectivity index (χ0v) is 13.8. The van der Waals surface area contributed by atoms with E-state index < -0.39 is 24.5 Å². The van der Waals surface area contributed by atoms with Gasteiger partial charge in [-0.05, 0) is 5.56 Å². The summed E-state index contributed by atoms with van der Waals surface area (Å²) in [6.45, 7) is 0.188. The summed E-state index contributed by atoms with van der Waals surface area (Å²) < 4.78 is 7.08. The van der Waals surface area contributed by atoms with Crippen molar-refractivity contribution in [2.75, 3.05) is 11.9 Å². The lowest BCUT2D eigenvalue weighted by Gasteiger charge is -2.16. The average Bonchev–Trinajstić information content (AvgIpc) is 3.23. The molecule has 2 aromatic heterocycles. The van der Waals surface area contributed by atoms with Crippen molar-refractivity contribution in [2.24, 2.45) is 0 Å². The molecule has 9 heteroatoms. The van der Waals surface area contributed by atoms with E-state index in [1.54, 1.807) is 0 Å². The minimum Gasteiger partial charge on any atom is -0.394 e. The summed E-state index contributed by atoms with van der Waals surface area (Å²) in [5.41, 5.74) is 2.09. The smallest absolute Gasteiger partial charge is 0.167 e. The second-order valence-corrected chi connectivity index (χ2v) is 6.11. The van der Waals surface area contributed by atoms with Crippen LogP contribution in [0.25, 0.3) is 11.2 Å². The highest BCUT2D eigenvalue weighted by molar-refractivity contribution is 5.82. The number of imidazole rings is 1. The molecule has 136 valence electrons. The van der Waals surface area contributed by atoms with Gasteiger partial charge in [0.05, 0.1) is 12.9 Å². The van der Waals surface area contributed by atoms with Crippen LogP contribution < -0.4 is 5.32 Å². The number of ether oxygens (including phenoxy) is 1. The summed E-state index contributed by atoms with van der Waals surface area (Å²) in [5.74, 6) is 0.560. The molecule has 4 rings (SSSR count). The summed E-state index contributed by atoms with van der Waals surface area (Å²) in [5, 5.41) is 32.6. The molecule has 1 aliphatic heterocycles. The van der Waals surface area contributed by atoms with E-state index in [4.69, 9.17) is 4.74 Å². The summed E-state index contributed by atoms with van der Waals surface area (Å²) in [7, 11) is 0. The van der Waals surface area contributed by atoms with E-state index in [0.717, 1.165) is 5.56 Å². The van der Waals surface area contributed by atoms with E-state index in [0.29, 0.717) is 23.5 Å². The van der Waals surface area contributed by atoms with Gasteiger partial charge in [0.1, 0.15) is 24.6 Å². The van der Waals surface area contributed by atoms with Gasteiger partial charge in [0.2, 0.25) is 0 Å². The van der Waals surface area contributed by atoms with Crippen molar-refractivity contribution in [1.82, 2.24) is 19.5 Å². The Balaban J connectivity index is 1.61. The van der Waals surface area contributed by atoms with Crippen molar-refractivity contribution in [3.8, 4) is 0 Å². The Morgan fingerprint density at radius 1 is 1.08 bits per heavy atom. The summed E-state index contributed by atoms with van der Waals surface area (Å²) >= 11 is 0. The van der Waals surface area contributed by atoms with Gasteiger partial charge in [0.15, 0.2) is 23.2 Å². The first-order chi connectivity index (χ1) is 12.7. The molecule has 4 atom stereocenters. The molecule has 26 heavy (non-hydrogen) atoms. The fraction of sp³-hybridized carbons (Fsp3) is 0.353. The first-order valence-electron chi connectivity index (χ1n) is 8.27. The summed E-state index contributed by atoms with van der Waals surface area (Å²) in [6, 6.07) is 9.88. The molecule has 3 heterocycles. The van der Waals surface area contributed by atoms with E-state index in [1.165, 1.54) is 17.2 Å². The number of aromatic nitrogens is 4. The lowest BCUT2D eigenvalue weighted by molar-refractivity contribution is -0.0511. The SMILES string of the molecule is OC[C@@H]1O[C@@H](n2cnc3c(NCc4ccccc4)ncnc32)[C@@H](O)[C@@H]1O. The van der Waals surface area contributed by atoms with Crippen molar-refractivity contribution in [1.29, 1.82) is 0 Å². The van der Waals surface area contributed by atoms with E-state index in [1.807, 2.05) is 30.3 Å². The molecule has 0 radical (unpaired) electrons. The monoisotopic (exact) mass is 357 g/mol. The number of benzene rings is 1. The van der Waals surface area contributed by atoms with Gasteiger partial charge in [-0.3, -0.25) is 4.57 Å². The zero-order chi connectivity index (χ0) is 18.1. The van der Waals surface area contributed by atoms with Gasteiger partial charge in [-0.15, -0.1) is 0 Å². The largest absolute Gasteiger partial charge is 0.394 e. The topological polar surface area (TPSA) is 126 Å². The third-order valence-electron chi connectivity index (χ3n) is 4.45. The highest BCUT2D eigenvalue weighted by Gasteiger charge is 2.44. The van der Waals surface area contributed by atoms with Crippen LogP contribution in [0.2, 0.25) is 0 Å². The Morgan fingerprint density at radius 3 is 2.62 bits per heavy atom. The van der Waals surface area contributed by atoms with Crippen LogP contribution in [-0.4, -0.2) is 59.8 Å². The number of nitrogens with one attached hydrogen (secondary N) is 1. The Labute approximate surface area is 148 Å². The van der Waals surface area contributed by atoms with Crippen LogP contribution in [0.5, 0.6) is 0 Å². The molecule has 0 unspecified atom stereocenters. The van der Waals surface area contributed by atoms with Crippen LogP contribution >= 0.6 is 0 Å². The zero-order valence-electron chi connectivity index (χ0n) is 13.8. The van der Waals surface area contributed by atoms with Crippen LogP contribution in [0.4, 0.5) is 5.82 Å². The molecular formula is C17H19N5O4. The van der Waals surface area contributed by atoms with Crippen molar-refractivity contribution in [2.45, 2.75) is 31.1 Å². The Bertz CT molecular complexity index is 887. The Morgan fingerprint density at radius 2 is 1.88 bits per heavy atom. The third kappa shape index (κ3) is 2.90. The molecule has 0 saturated carbocycles. The maximum Gasteiger partial charge on any atom is 0.167 e. The third-order valence-corrected chi connectivity index (χ3v) is 4.45. The van der Waals surface area contributed by atoms with Gasteiger partial charge < -0.3 is 25.4 Å². The number of anilines is 1. The number of hydrogen-bond acceptors (Lipinski definition) is 8. The van der Waals surface area contributed by atoms with Gasteiger partial charge in [-0.25, -0.2) is 15.0 Å². The Hall–Kier alpha value is -2.59. The highest BCUT2D eigenvalue weighted by Crippen LogP contribution is 2.32. The maximum absolute atomic E-state index is 10.2. The van der Waals surface area contributed by atoms with Crippen molar-refractivity contribution >= 4 is 17.0 Å². The van der Waals surface area contributed by atoms with Crippen molar-refractivity contribution in [3.63, 3.8) is 0 Å². The molecule has 0 bridgehead atoms. The lowest BCUT2D eigenvalue weighted by atomic mass is 10.1. The summed E-state index contributed by atoms with van der Waals surface area (Å²) in [4.78, 5) is 12.8. The number of nitrogens with zero attached hydrogens (tertiary/aromatic N) is 4. The molecule has 4 N–H and O–H groups in total. The molecule has 1 saturated heterocycles. The van der Waals surface area contributed by atoms with Crippen LogP contribution in [0, 0.1) is 0 Å². The minimum absolute atomic E-state index is 0.389. The van der Waals surface area contributed by atoms with Crippen LogP contribution in [0.3, 0.4) is 0 Å². The van der Waals surface area contributed by atoms with E-state index in [9.17, 15) is 15.3 Å². The normalized spacial score (nSPS) is 25.7. The van der Waals surface area contributed by atoms with Gasteiger partial charge in [0.25, 0.3) is 0 Å². The predicted octanol–water partition coefficient (Wildman–Crippen LogP) is 0.0499. The quantitative estimate of drug-likeness (QED) is 0.505. The van der Waals surface area contributed by atoms with E-state index >= 15 is 0 Å². The number of aliphatic hydroxyl groups is 3. The Kier molecular flexibility index (Phi) is 4.51. The maximum atomic E-state index is 10.2. The van der Waals surface area contributed by atoms with Crippen LogP contribution in [0.15, 0.2) is 43.0 Å². The molecule has 0 spiro atoms. The fourth-order valence-corrected chi connectivity index (χ4v) is 3.06. The molecule has 1 fully saturated rings. The summed E-state index contributed by atoms with van der Waals surface area (Å²) in [6.07, 6.45) is -1.24. The fourth-order valence-electron chi connectivity index (χ4n) is 3.06. The van der Waals surface area contributed by atoms with E-state index in [2.05, 4.69) is 20.3 Å². The second-order valence-electron chi connectivity index (χ2n) is 6.11. The number of hydrogen-bond donors (Lipinski definition) is 4. The van der Waals surface area contributed by atoms with Crippen molar-refractivity contribution < 1.29 is 20.1 Å². The molecule has 9 nitrogen and oxygen atoms in total. The molecule has 0 amide bonds. The minimum atomic E-state index is -1.19. The van der Waals surface area contributed by atoms with Gasteiger partial charge >= 0.3 is 0 Å². The predicted molar refractivity (Wildman–Crippen MR) is 92.1 cm³/mol. The second kappa shape index (κ2) is 6.96. The van der Waals surface area contributed by atoms with Gasteiger partial charge in [-0.1, -0.05) is 30.3 Å². The van der Waals surface area contributed by atoms with Crippen LogP contribution in [-0.2, 0) is 11.3 Å². The standard InChI is InChI=1S/C17H19N5O4/c23-7-11-13(24)14(25)17(26-11)22-9-21-12-15(19-8-20-16(12)22)18-6-10-4-2-1-3-5-10/h1-5,8-9,11,13-14,17,23-25H,6-7H2,(H,18,19,20)/t11-,13+,14-,17+/m0/s1. The highest BCUT2D eigenvalue weighted by atomic mass is 16.6. The average molecular weight is 357 g/mol. The number of aliphatic hydroxyl groups excluding tert-OH is 3. The molecule has 1 aromatic carbocycles. The lowest BCUT2D eigenvalue weighted by Crippen LogP contribution is -2.33. The molecule has 0 aliphatic carbocycles. The van der Waals surface area contributed by atoms with Gasteiger partial charge in [0, 0.05) is 6.54 Å². The van der Waals surface area contributed by atoms with Gasteiger partial charge in [-0.2, -0.15) is 0 Å². The molecule has 3 aromatic rings. The number of fused-ring (bicyclic) bond motifs is 1. The first-order valence-corrected chi connectivity index (χ1v) is 8.27. The first kappa shape index (κ1) is 16.9. The van der Waals surface area contributed by atoms with Crippen LogP contribution in [0.1, 0.15) is 11.8 Å². The molecule has 1 aliphatic rings. The van der Waals surface area contributed by atoms with E-state index in [-0.39, 0.29) is 6.61 Å². The molecular weight excluding hydrogens is 338 g/mol.